The van der Waals surface area contributed by atoms with Crippen LogP contribution in [0.3, 0.4) is 0 Å². The maximum atomic E-state index is 10.9. The van der Waals surface area contributed by atoms with Crippen LogP contribution in [0.15, 0.2) is 0 Å². The summed E-state index contributed by atoms with van der Waals surface area (Å²) in [6.07, 6.45) is 3.87. The van der Waals surface area contributed by atoms with Gasteiger partial charge in [-0.25, -0.2) is 0 Å². The molecule has 0 N–H and O–H groups in total. The van der Waals surface area contributed by atoms with E-state index in [0.717, 1.165) is 0 Å². The van der Waals surface area contributed by atoms with Crippen molar-refractivity contribution in [2.75, 3.05) is 13.2 Å². The molecule has 6 nitrogen and oxygen atoms in total. The molecule has 1 saturated heterocycles. The highest BCUT2D eigenvalue weighted by atomic mass is 16.7. The van der Waals surface area contributed by atoms with Crippen molar-refractivity contribution in [3.63, 3.8) is 0 Å². The molecule has 0 aromatic heterocycles. The van der Waals surface area contributed by atoms with Crippen LogP contribution in [0.1, 0.15) is 20.3 Å². The fourth-order valence-electron chi connectivity index (χ4n) is 1.61. The molecular weight excluding hydrogens is 240 g/mol. The second-order valence-electron chi connectivity index (χ2n) is 3.81. The van der Waals surface area contributed by atoms with E-state index in [1.165, 1.54) is 13.8 Å². The van der Waals surface area contributed by atoms with Gasteiger partial charge in [-0.3, -0.25) is 9.59 Å². The molecule has 0 aromatic carbocycles. The summed E-state index contributed by atoms with van der Waals surface area (Å²) in [6, 6.07) is 0. The molecule has 100 valence electrons. The van der Waals surface area contributed by atoms with Crippen LogP contribution < -0.4 is 0 Å². The molecule has 0 amide bonds. The van der Waals surface area contributed by atoms with Crippen LogP contribution in [0.5, 0.6) is 0 Å². The lowest BCUT2D eigenvalue weighted by atomic mass is 10.2. The third-order valence-corrected chi connectivity index (χ3v) is 2.29. The van der Waals surface area contributed by atoms with E-state index >= 15 is 0 Å². The molecular formula is C12H16O6. The maximum absolute atomic E-state index is 10.9. The van der Waals surface area contributed by atoms with Gasteiger partial charge in [-0.2, -0.15) is 0 Å². The molecule has 0 unspecified atom stereocenters. The van der Waals surface area contributed by atoms with E-state index in [2.05, 4.69) is 5.92 Å². The van der Waals surface area contributed by atoms with E-state index in [0.29, 0.717) is 6.42 Å². The van der Waals surface area contributed by atoms with Crippen molar-refractivity contribution in [3.8, 4) is 12.3 Å². The average molecular weight is 256 g/mol. The van der Waals surface area contributed by atoms with Gasteiger partial charge in [-0.1, -0.05) is 5.92 Å². The van der Waals surface area contributed by atoms with Crippen LogP contribution in [-0.4, -0.2) is 43.7 Å². The lowest BCUT2D eigenvalue weighted by Gasteiger charge is -2.17. The molecule has 1 heterocycles. The first-order chi connectivity index (χ1) is 8.52. The molecule has 0 saturated carbocycles. The molecule has 0 radical (unpaired) electrons. The number of hydrogen-bond donors (Lipinski definition) is 0. The Hall–Kier alpha value is -1.58. The largest absolute Gasteiger partial charge is 0.463 e. The third-order valence-electron chi connectivity index (χ3n) is 2.29. The Kier molecular flexibility index (Phi) is 5.62. The lowest BCUT2D eigenvalue weighted by molar-refractivity contribution is -0.163. The number of terminal acetylenes is 1. The highest BCUT2D eigenvalue weighted by molar-refractivity contribution is 5.66. The van der Waals surface area contributed by atoms with Gasteiger partial charge in [0.2, 0.25) is 0 Å². The van der Waals surface area contributed by atoms with Gasteiger partial charge < -0.3 is 18.9 Å². The number of esters is 2. The van der Waals surface area contributed by atoms with Gasteiger partial charge in [-0.05, 0) is 0 Å². The van der Waals surface area contributed by atoms with Gasteiger partial charge in [0, 0.05) is 20.3 Å². The summed E-state index contributed by atoms with van der Waals surface area (Å²) in [5, 5.41) is 0. The first-order valence-corrected chi connectivity index (χ1v) is 5.54. The van der Waals surface area contributed by atoms with Gasteiger partial charge in [-0.15, -0.1) is 6.42 Å². The SMILES string of the molecule is C#CCO[C@@H]1C[C@@H](OC(C)=O)[C@@H](COC(C)=O)O1. The fourth-order valence-corrected chi connectivity index (χ4v) is 1.61. The van der Waals surface area contributed by atoms with Crippen LogP contribution in [0.2, 0.25) is 0 Å². The minimum absolute atomic E-state index is 0.0171. The number of carbonyl (C=O) groups excluding carboxylic acids is 2. The maximum Gasteiger partial charge on any atom is 0.303 e. The zero-order valence-corrected chi connectivity index (χ0v) is 10.4. The predicted octanol–water partition coefficient (Wildman–Crippen LogP) is 0.246. The Balaban J connectivity index is 2.51. The van der Waals surface area contributed by atoms with Crippen molar-refractivity contribution >= 4 is 11.9 Å². The summed E-state index contributed by atoms with van der Waals surface area (Å²) < 4.78 is 20.6. The molecule has 0 bridgehead atoms. The Morgan fingerprint density at radius 2 is 2.11 bits per heavy atom. The number of carbonyl (C=O) groups is 2. The fraction of sp³-hybridized carbons (Fsp3) is 0.667. The second-order valence-corrected chi connectivity index (χ2v) is 3.81. The van der Waals surface area contributed by atoms with Gasteiger partial charge in [0.15, 0.2) is 6.29 Å². The van der Waals surface area contributed by atoms with Crippen molar-refractivity contribution in [2.45, 2.75) is 38.8 Å². The van der Waals surface area contributed by atoms with Crippen molar-refractivity contribution < 1.29 is 28.5 Å². The highest BCUT2D eigenvalue weighted by Gasteiger charge is 2.38. The van der Waals surface area contributed by atoms with Gasteiger partial charge in [0.1, 0.15) is 25.4 Å². The third kappa shape index (κ3) is 4.73. The number of ether oxygens (including phenoxy) is 4. The Bertz CT molecular complexity index is 345. The van der Waals surface area contributed by atoms with Crippen molar-refractivity contribution in [2.24, 2.45) is 0 Å². The molecule has 1 rings (SSSR count). The van der Waals surface area contributed by atoms with E-state index in [1.807, 2.05) is 0 Å². The van der Waals surface area contributed by atoms with Crippen molar-refractivity contribution in [1.29, 1.82) is 0 Å². The van der Waals surface area contributed by atoms with E-state index in [-0.39, 0.29) is 13.2 Å². The summed E-state index contributed by atoms with van der Waals surface area (Å²) in [5.74, 6) is 1.47. The molecule has 1 fully saturated rings. The van der Waals surface area contributed by atoms with Crippen LogP contribution in [0.25, 0.3) is 0 Å². The quantitative estimate of drug-likeness (QED) is 0.518. The van der Waals surface area contributed by atoms with Gasteiger partial charge >= 0.3 is 11.9 Å². The molecule has 3 atom stereocenters. The number of rotatable bonds is 5. The van der Waals surface area contributed by atoms with E-state index < -0.39 is 30.4 Å². The summed E-state index contributed by atoms with van der Waals surface area (Å²) in [7, 11) is 0. The van der Waals surface area contributed by atoms with E-state index in [1.54, 1.807) is 0 Å². The topological polar surface area (TPSA) is 71.1 Å². The van der Waals surface area contributed by atoms with Crippen molar-refractivity contribution in [3.05, 3.63) is 0 Å². The molecule has 1 aliphatic heterocycles. The zero-order valence-electron chi connectivity index (χ0n) is 10.4. The predicted molar refractivity (Wildman–Crippen MR) is 60.3 cm³/mol. The summed E-state index contributed by atoms with van der Waals surface area (Å²) >= 11 is 0. The Labute approximate surface area is 106 Å². The van der Waals surface area contributed by atoms with Crippen LogP contribution in [0, 0.1) is 12.3 Å². The lowest BCUT2D eigenvalue weighted by Crippen LogP contribution is -2.31. The van der Waals surface area contributed by atoms with Crippen molar-refractivity contribution in [1.82, 2.24) is 0 Å². The van der Waals surface area contributed by atoms with Crippen LogP contribution >= 0.6 is 0 Å². The standard InChI is InChI=1S/C12H16O6/c1-4-5-15-12-6-10(17-9(3)14)11(18-12)7-16-8(2)13/h1,10-12H,5-7H2,2-3H3/t10-,11-,12+/m1/s1. The number of hydrogen-bond acceptors (Lipinski definition) is 6. The highest BCUT2D eigenvalue weighted by Crippen LogP contribution is 2.24. The molecule has 6 heteroatoms. The van der Waals surface area contributed by atoms with Gasteiger partial charge in [0.25, 0.3) is 0 Å². The van der Waals surface area contributed by atoms with Gasteiger partial charge in [0.05, 0.1) is 0 Å². The summed E-state index contributed by atoms with van der Waals surface area (Å²) in [4.78, 5) is 21.7. The molecule has 0 aliphatic carbocycles. The van der Waals surface area contributed by atoms with E-state index in [9.17, 15) is 9.59 Å². The van der Waals surface area contributed by atoms with Crippen LogP contribution in [-0.2, 0) is 28.5 Å². The average Bonchev–Trinajstić information content (AvgIpc) is 2.65. The second kappa shape index (κ2) is 6.99. The summed E-state index contributed by atoms with van der Waals surface area (Å²) in [5.41, 5.74) is 0. The first-order valence-electron chi connectivity index (χ1n) is 5.54. The van der Waals surface area contributed by atoms with Crippen LogP contribution in [0.4, 0.5) is 0 Å². The minimum Gasteiger partial charge on any atom is -0.463 e. The van der Waals surface area contributed by atoms with E-state index in [4.69, 9.17) is 25.4 Å². The Morgan fingerprint density at radius 1 is 1.39 bits per heavy atom. The normalized spacial score (nSPS) is 26.4. The molecule has 18 heavy (non-hydrogen) atoms. The molecule has 0 aromatic rings. The smallest absolute Gasteiger partial charge is 0.303 e. The molecule has 0 spiro atoms. The Morgan fingerprint density at radius 3 is 2.67 bits per heavy atom. The first kappa shape index (κ1) is 14.5. The minimum atomic E-state index is -0.550. The monoisotopic (exact) mass is 256 g/mol. The molecule has 1 aliphatic rings. The zero-order chi connectivity index (χ0) is 13.5. The summed E-state index contributed by atoms with van der Waals surface area (Å²) in [6.45, 7) is 2.72.